The molecule has 0 saturated heterocycles. The minimum atomic E-state index is -3.71. The maximum absolute atomic E-state index is 12.7. The highest BCUT2D eigenvalue weighted by Crippen LogP contribution is 2.28. The van der Waals surface area contributed by atoms with Gasteiger partial charge in [0.25, 0.3) is 5.91 Å². The van der Waals surface area contributed by atoms with E-state index >= 15 is 0 Å². The molecule has 0 aliphatic heterocycles. The van der Waals surface area contributed by atoms with Crippen molar-refractivity contribution < 1.29 is 13.2 Å². The molecule has 1 aromatic heterocycles. The summed E-state index contributed by atoms with van der Waals surface area (Å²) in [4.78, 5) is 14.4. The lowest BCUT2D eigenvalue weighted by Gasteiger charge is -2.19. The number of thiophene rings is 1. The number of rotatable bonds is 6. The molecule has 0 bridgehead atoms. The fourth-order valence-corrected chi connectivity index (χ4v) is 5.42. The minimum absolute atomic E-state index is 0.00566. The quantitative estimate of drug-likeness (QED) is 0.785. The summed E-state index contributed by atoms with van der Waals surface area (Å²) in [5, 5.41) is 2.89. The number of anilines is 1. The Morgan fingerprint density at radius 2 is 1.84 bits per heavy atom. The monoisotopic (exact) mass is 400 g/mol. The summed E-state index contributed by atoms with van der Waals surface area (Å²) >= 11 is 7.65. The highest BCUT2D eigenvalue weighted by molar-refractivity contribution is 7.89. The predicted octanol–water partition coefficient (Wildman–Crippen LogP) is 4.30. The van der Waals surface area contributed by atoms with Crippen molar-refractivity contribution in [3.8, 4) is 0 Å². The van der Waals surface area contributed by atoms with Gasteiger partial charge in [-0.15, -0.1) is 11.3 Å². The van der Waals surface area contributed by atoms with Crippen molar-refractivity contribution in [2.75, 3.05) is 18.4 Å². The summed E-state index contributed by atoms with van der Waals surface area (Å²) in [6, 6.07) is 6.30. The molecule has 0 unspecified atom stereocenters. The van der Waals surface area contributed by atoms with Crippen LogP contribution in [0.2, 0.25) is 5.02 Å². The molecular weight excluding hydrogens is 380 g/mol. The van der Waals surface area contributed by atoms with Crippen LogP contribution in [-0.2, 0) is 10.0 Å². The number of aryl methyl sites for hydroxylation is 2. The summed E-state index contributed by atoms with van der Waals surface area (Å²) in [6.07, 6.45) is 0. The molecule has 0 spiro atoms. The molecule has 1 aromatic carbocycles. The van der Waals surface area contributed by atoms with E-state index < -0.39 is 10.0 Å². The molecule has 8 heteroatoms. The molecule has 0 aliphatic rings. The van der Waals surface area contributed by atoms with E-state index in [9.17, 15) is 13.2 Å². The number of sulfonamides is 1. The average Bonchev–Trinajstić information content (AvgIpc) is 2.88. The Morgan fingerprint density at radius 1 is 1.20 bits per heavy atom. The van der Waals surface area contributed by atoms with Crippen LogP contribution < -0.4 is 5.32 Å². The van der Waals surface area contributed by atoms with Gasteiger partial charge in [0.2, 0.25) is 10.0 Å². The SMILES string of the molecule is CCN(CC)S(=O)(=O)c1cc(NC(=O)c2cc(C)sc2C)ccc1Cl. The molecule has 1 amide bonds. The van der Waals surface area contributed by atoms with Crippen LogP contribution in [0, 0.1) is 13.8 Å². The molecule has 0 atom stereocenters. The van der Waals surface area contributed by atoms with E-state index in [0.717, 1.165) is 9.75 Å². The molecule has 5 nitrogen and oxygen atoms in total. The molecule has 25 heavy (non-hydrogen) atoms. The molecule has 2 aromatic rings. The summed E-state index contributed by atoms with van der Waals surface area (Å²) in [5.41, 5.74) is 0.981. The van der Waals surface area contributed by atoms with Crippen LogP contribution in [-0.4, -0.2) is 31.7 Å². The summed E-state index contributed by atoms with van der Waals surface area (Å²) in [6.45, 7) is 8.04. The standard InChI is InChI=1S/C17H21ClN2O3S2/c1-5-20(6-2)25(22,23)16-10-13(7-8-15(16)18)19-17(21)14-9-11(3)24-12(14)4/h7-10H,5-6H2,1-4H3,(H,19,21). The summed E-state index contributed by atoms with van der Waals surface area (Å²) in [5.74, 6) is -0.268. The van der Waals surface area contributed by atoms with Gasteiger partial charge in [-0.25, -0.2) is 8.42 Å². The summed E-state index contributed by atoms with van der Waals surface area (Å²) < 4.78 is 26.7. The van der Waals surface area contributed by atoms with Gasteiger partial charge in [-0.1, -0.05) is 25.4 Å². The highest BCUT2D eigenvalue weighted by atomic mass is 35.5. The van der Waals surface area contributed by atoms with E-state index in [1.54, 1.807) is 31.3 Å². The topological polar surface area (TPSA) is 66.5 Å². The Labute approximate surface area is 157 Å². The first-order chi connectivity index (χ1) is 11.7. The van der Waals surface area contributed by atoms with Crippen LogP contribution in [0.1, 0.15) is 34.0 Å². The predicted molar refractivity (Wildman–Crippen MR) is 103 cm³/mol. The van der Waals surface area contributed by atoms with Gasteiger partial charge in [-0.3, -0.25) is 4.79 Å². The van der Waals surface area contributed by atoms with Crippen molar-refractivity contribution in [1.29, 1.82) is 0 Å². The third-order valence-corrected chi connectivity index (χ3v) is 7.30. The van der Waals surface area contributed by atoms with Gasteiger partial charge >= 0.3 is 0 Å². The zero-order chi connectivity index (χ0) is 18.8. The first kappa shape index (κ1) is 19.9. The van der Waals surface area contributed by atoms with Gasteiger partial charge in [-0.2, -0.15) is 4.31 Å². The largest absolute Gasteiger partial charge is 0.322 e. The van der Waals surface area contributed by atoms with Crippen LogP contribution >= 0.6 is 22.9 Å². The molecule has 0 saturated carbocycles. The van der Waals surface area contributed by atoms with Crippen LogP contribution in [0.5, 0.6) is 0 Å². The van der Waals surface area contributed by atoms with Crippen molar-refractivity contribution in [3.63, 3.8) is 0 Å². The second-order valence-corrected chi connectivity index (χ2v) is 9.29. The van der Waals surface area contributed by atoms with Gasteiger partial charge in [0, 0.05) is 28.5 Å². The number of hydrogen-bond acceptors (Lipinski definition) is 4. The molecule has 2 rings (SSSR count). The second-order valence-electron chi connectivity index (χ2n) is 5.52. The van der Waals surface area contributed by atoms with Crippen molar-refractivity contribution in [2.45, 2.75) is 32.6 Å². The molecule has 0 fully saturated rings. The number of nitrogens with one attached hydrogen (secondary N) is 1. The Hall–Kier alpha value is -1.41. The van der Waals surface area contributed by atoms with Gasteiger partial charge < -0.3 is 5.32 Å². The maximum Gasteiger partial charge on any atom is 0.256 e. The van der Waals surface area contributed by atoms with E-state index in [0.29, 0.717) is 24.3 Å². The van der Waals surface area contributed by atoms with Crippen LogP contribution in [0.4, 0.5) is 5.69 Å². The molecule has 136 valence electrons. The highest BCUT2D eigenvalue weighted by Gasteiger charge is 2.25. The number of carbonyl (C=O) groups is 1. The van der Waals surface area contributed by atoms with E-state index in [4.69, 9.17) is 11.6 Å². The number of halogens is 1. The number of nitrogens with zero attached hydrogens (tertiary/aromatic N) is 1. The summed E-state index contributed by atoms with van der Waals surface area (Å²) in [7, 11) is -3.71. The maximum atomic E-state index is 12.7. The van der Waals surface area contributed by atoms with Crippen molar-refractivity contribution in [2.24, 2.45) is 0 Å². The van der Waals surface area contributed by atoms with E-state index in [-0.39, 0.29) is 15.8 Å². The van der Waals surface area contributed by atoms with Crippen LogP contribution in [0.25, 0.3) is 0 Å². The van der Waals surface area contributed by atoms with Gasteiger partial charge in [-0.05, 0) is 38.1 Å². The van der Waals surface area contributed by atoms with E-state index in [1.165, 1.54) is 16.4 Å². The molecule has 0 aliphatic carbocycles. The van der Waals surface area contributed by atoms with E-state index in [1.807, 2.05) is 19.9 Å². The van der Waals surface area contributed by atoms with Crippen LogP contribution in [0.3, 0.4) is 0 Å². The number of carbonyl (C=O) groups excluding carboxylic acids is 1. The Balaban J connectivity index is 2.36. The molecular formula is C17H21ClN2O3S2. The fraction of sp³-hybridized carbons (Fsp3) is 0.353. The lowest BCUT2D eigenvalue weighted by atomic mass is 10.2. The molecule has 1 heterocycles. The lowest BCUT2D eigenvalue weighted by Crippen LogP contribution is -2.30. The minimum Gasteiger partial charge on any atom is -0.322 e. The van der Waals surface area contributed by atoms with Gasteiger partial charge in [0.1, 0.15) is 4.90 Å². The van der Waals surface area contributed by atoms with Crippen molar-refractivity contribution in [1.82, 2.24) is 4.31 Å². The van der Waals surface area contributed by atoms with Crippen molar-refractivity contribution in [3.05, 3.63) is 44.6 Å². The zero-order valence-corrected chi connectivity index (χ0v) is 17.0. The van der Waals surface area contributed by atoms with Gasteiger partial charge in [0.15, 0.2) is 0 Å². The zero-order valence-electron chi connectivity index (χ0n) is 14.6. The number of amides is 1. The first-order valence-corrected chi connectivity index (χ1v) is 10.5. The normalized spacial score (nSPS) is 11.8. The smallest absolute Gasteiger partial charge is 0.256 e. The first-order valence-electron chi connectivity index (χ1n) is 7.88. The molecule has 0 radical (unpaired) electrons. The van der Waals surface area contributed by atoms with Crippen molar-refractivity contribution >= 4 is 44.6 Å². The number of hydrogen-bond donors (Lipinski definition) is 1. The van der Waals surface area contributed by atoms with Gasteiger partial charge in [0.05, 0.1) is 10.6 Å². The average molecular weight is 401 g/mol. The van der Waals surface area contributed by atoms with Crippen LogP contribution in [0.15, 0.2) is 29.2 Å². The number of benzene rings is 1. The Kier molecular flexibility index (Phi) is 6.26. The second kappa shape index (κ2) is 7.86. The Morgan fingerprint density at radius 3 is 2.36 bits per heavy atom. The fourth-order valence-electron chi connectivity index (χ4n) is 2.54. The third-order valence-electron chi connectivity index (χ3n) is 3.80. The molecule has 1 N–H and O–H groups in total. The lowest BCUT2D eigenvalue weighted by molar-refractivity contribution is 0.102. The third kappa shape index (κ3) is 4.23. The Bertz CT molecular complexity index is 887. The van der Waals surface area contributed by atoms with E-state index in [2.05, 4.69) is 5.32 Å².